The molecule has 0 amide bonds. The molecule has 2 aromatic carbocycles. The van der Waals surface area contributed by atoms with Crippen molar-refractivity contribution in [3.8, 4) is 11.1 Å². The van der Waals surface area contributed by atoms with Gasteiger partial charge in [-0.3, -0.25) is 0 Å². The van der Waals surface area contributed by atoms with Crippen LogP contribution >= 0.6 is 0 Å². The maximum atomic E-state index is 9.41. The molecule has 0 saturated carbocycles. The second kappa shape index (κ2) is 6.72. The zero-order chi connectivity index (χ0) is 18.5. The first-order valence-corrected chi connectivity index (χ1v) is 6.65. The second-order valence-corrected chi connectivity index (χ2v) is 5.26. The van der Waals surface area contributed by atoms with E-state index in [1.54, 1.807) is 0 Å². The molecular formula is C12H2B10O2. The lowest BCUT2D eigenvalue weighted by molar-refractivity contribution is 0.426. The molecule has 0 heterocycles. The van der Waals surface area contributed by atoms with Crippen LogP contribution in [0.15, 0.2) is 0 Å². The summed E-state index contributed by atoms with van der Waals surface area (Å²) in [5.41, 5.74) is -0.580. The van der Waals surface area contributed by atoms with Gasteiger partial charge < -0.3 is 10.0 Å². The van der Waals surface area contributed by atoms with Gasteiger partial charge in [0.25, 0.3) is 0 Å². The highest BCUT2D eigenvalue weighted by Gasteiger charge is 2.23. The summed E-state index contributed by atoms with van der Waals surface area (Å²) in [4.78, 5) is 0. The molecule has 0 unspecified atom stereocenters. The predicted octanol–water partition coefficient (Wildman–Crippen LogP) is -9.82. The van der Waals surface area contributed by atoms with E-state index in [-0.39, 0.29) is 65.8 Å². The maximum absolute atomic E-state index is 9.41. The van der Waals surface area contributed by atoms with Crippen molar-refractivity contribution >= 4 is 132 Å². The number of benzene rings is 2. The Bertz CT molecular complexity index is 791. The van der Waals surface area contributed by atoms with Crippen LogP contribution in [0.3, 0.4) is 0 Å². The second-order valence-electron chi connectivity index (χ2n) is 5.26. The fourth-order valence-electron chi connectivity index (χ4n) is 2.52. The summed E-state index contributed by atoms with van der Waals surface area (Å²) < 4.78 is 0. The Hall–Kier alpha value is -0.991. The van der Waals surface area contributed by atoms with Crippen LogP contribution < -0.4 is 54.6 Å². The van der Waals surface area contributed by atoms with Gasteiger partial charge in [0.15, 0.2) is 0 Å². The fraction of sp³-hybridized carbons (Fsp3) is 0. The normalized spacial score (nSPS) is 10.8. The van der Waals surface area contributed by atoms with Crippen LogP contribution in [0.25, 0.3) is 11.1 Å². The molecule has 2 nitrogen and oxygen atoms in total. The van der Waals surface area contributed by atoms with Crippen molar-refractivity contribution in [3.05, 3.63) is 0 Å². The molecule has 18 radical (unpaired) electrons. The summed E-state index contributed by atoms with van der Waals surface area (Å²) >= 11 is 0. The third kappa shape index (κ3) is 2.78. The van der Waals surface area contributed by atoms with Crippen LogP contribution in [0.2, 0.25) is 0 Å². The Labute approximate surface area is 153 Å². The molecule has 92 valence electrons. The van der Waals surface area contributed by atoms with Gasteiger partial charge in [0, 0.05) is 0 Å². The van der Waals surface area contributed by atoms with Crippen molar-refractivity contribution in [1.82, 2.24) is 0 Å². The van der Waals surface area contributed by atoms with E-state index in [1.165, 1.54) is 0 Å². The van der Waals surface area contributed by atoms with E-state index in [0.717, 1.165) is 0 Å². The first kappa shape index (κ1) is 19.3. The van der Waals surface area contributed by atoms with Crippen molar-refractivity contribution in [2.75, 3.05) is 0 Å². The summed E-state index contributed by atoms with van der Waals surface area (Å²) in [7, 11) is 51.1. The molecule has 12 heteroatoms. The Morgan fingerprint density at radius 3 is 0.958 bits per heavy atom. The molecule has 0 atom stereocenters. The lowest BCUT2D eigenvalue weighted by atomic mass is 9.53. The molecule has 0 aliphatic carbocycles. The van der Waals surface area contributed by atoms with Crippen LogP contribution in [0.4, 0.5) is 0 Å². The average Bonchev–Trinajstić information content (AvgIpc) is 2.52. The van der Waals surface area contributed by atoms with Gasteiger partial charge in [0.05, 0.1) is 0 Å². The monoisotopic (exact) mass is 288 g/mol. The van der Waals surface area contributed by atoms with E-state index in [9.17, 15) is 10.0 Å². The molecule has 2 N–H and O–H groups in total. The zero-order valence-corrected chi connectivity index (χ0v) is 12.7. The maximum Gasteiger partial charge on any atom is 0.487 e. The highest BCUT2D eigenvalue weighted by atomic mass is 16.4. The van der Waals surface area contributed by atoms with Gasteiger partial charge in [0.1, 0.15) is 70.6 Å². The molecule has 2 rings (SSSR count). The average molecular weight is 286 g/mol. The number of rotatable bonds is 2. The van der Waals surface area contributed by atoms with Crippen LogP contribution in [0.5, 0.6) is 0 Å². The van der Waals surface area contributed by atoms with Gasteiger partial charge in [0.2, 0.25) is 0 Å². The largest absolute Gasteiger partial charge is 0.487 e. The number of hydrogen-bond acceptors (Lipinski definition) is 2. The van der Waals surface area contributed by atoms with E-state index in [4.69, 9.17) is 70.6 Å². The van der Waals surface area contributed by atoms with Crippen LogP contribution in [-0.2, 0) is 0 Å². The van der Waals surface area contributed by atoms with E-state index in [2.05, 4.69) is 0 Å². The zero-order valence-electron chi connectivity index (χ0n) is 12.7. The van der Waals surface area contributed by atoms with Crippen molar-refractivity contribution in [3.63, 3.8) is 0 Å². The summed E-state index contributed by atoms with van der Waals surface area (Å²) in [5, 5.41) is 18.8. The minimum atomic E-state index is -1.97. The van der Waals surface area contributed by atoms with Gasteiger partial charge in [-0.1, -0.05) is 21.9 Å². The molecule has 0 aliphatic rings. The first-order valence-electron chi connectivity index (χ1n) is 6.65. The molecule has 2 aromatic rings. The smallest absolute Gasteiger partial charge is 0.423 e. The highest BCUT2D eigenvalue weighted by molar-refractivity contribution is 6.77. The summed E-state index contributed by atoms with van der Waals surface area (Å²) in [6.07, 6.45) is 0. The molecule has 0 aromatic heterocycles. The van der Waals surface area contributed by atoms with Gasteiger partial charge in [-0.2, -0.15) is 0 Å². The predicted molar refractivity (Wildman–Crippen MR) is 110 cm³/mol. The summed E-state index contributed by atoms with van der Waals surface area (Å²) in [5.74, 6) is 0. The van der Waals surface area contributed by atoms with Crippen molar-refractivity contribution < 1.29 is 10.0 Å². The van der Waals surface area contributed by atoms with Gasteiger partial charge in [-0.25, -0.2) is 0 Å². The fourth-order valence-corrected chi connectivity index (χ4v) is 2.52. The Morgan fingerprint density at radius 2 is 0.667 bits per heavy atom. The Balaban J connectivity index is 3.01. The molecule has 0 fully saturated rings. The van der Waals surface area contributed by atoms with E-state index < -0.39 is 7.12 Å². The van der Waals surface area contributed by atoms with Crippen molar-refractivity contribution in [2.45, 2.75) is 0 Å². The molecule has 0 saturated heterocycles. The van der Waals surface area contributed by atoms with Gasteiger partial charge >= 0.3 is 7.12 Å². The summed E-state index contributed by atoms with van der Waals surface area (Å²) in [6, 6.07) is 0. The topological polar surface area (TPSA) is 40.5 Å². The standard InChI is InChI=1S/C12H2B10O2/c13-3-1(4(14)8(18)9(19)7(3)17)2-5(15)10(20)12(22(23)24)11(21)6(2)16/h23-24H. The summed E-state index contributed by atoms with van der Waals surface area (Å²) in [6.45, 7) is 0. The third-order valence-corrected chi connectivity index (χ3v) is 3.91. The third-order valence-electron chi connectivity index (χ3n) is 3.91. The van der Waals surface area contributed by atoms with Crippen molar-refractivity contribution in [1.29, 1.82) is 0 Å². The quantitative estimate of drug-likeness (QED) is 0.538. The lowest BCUT2D eigenvalue weighted by Crippen LogP contribution is -2.63. The Morgan fingerprint density at radius 1 is 0.417 bits per heavy atom. The molecular weight excluding hydrogens is 284 g/mol. The molecule has 0 aliphatic heterocycles. The van der Waals surface area contributed by atoms with Crippen LogP contribution in [0, 0.1) is 0 Å². The first-order chi connectivity index (χ1) is 11.0. The van der Waals surface area contributed by atoms with E-state index in [0.29, 0.717) is 0 Å². The minimum absolute atomic E-state index is 0.00101. The minimum Gasteiger partial charge on any atom is -0.423 e. The highest BCUT2D eigenvalue weighted by Crippen LogP contribution is 2.05. The van der Waals surface area contributed by atoms with E-state index >= 15 is 0 Å². The molecule has 0 bridgehead atoms. The molecule has 24 heavy (non-hydrogen) atoms. The SMILES string of the molecule is [B]c1c([B])c([B])c(-c2c([B])c([B])c(B(O)O)c([B])c2[B])c([B])c1[B]. The molecule has 0 spiro atoms. The van der Waals surface area contributed by atoms with Crippen LogP contribution in [-0.4, -0.2) is 87.8 Å². The lowest BCUT2D eigenvalue weighted by Gasteiger charge is -2.28. The number of hydrogen-bond donors (Lipinski definition) is 2. The van der Waals surface area contributed by atoms with Crippen molar-refractivity contribution in [2.24, 2.45) is 0 Å². The van der Waals surface area contributed by atoms with Crippen LogP contribution in [0.1, 0.15) is 0 Å². The van der Waals surface area contributed by atoms with Gasteiger partial charge in [-0.05, 0) is 16.6 Å². The van der Waals surface area contributed by atoms with E-state index in [1.807, 2.05) is 0 Å². The van der Waals surface area contributed by atoms with Gasteiger partial charge in [-0.15, -0.1) is 27.3 Å². The Kier molecular flexibility index (Phi) is 5.42.